The van der Waals surface area contributed by atoms with Gasteiger partial charge in [-0.25, -0.2) is 4.99 Å². The van der Waals surface area contributed by atoms with E-state index in [1.807, 2.05) is 30.3 Å². The molecular formula is C26H25ClN2O3. The molecule has 4 fully saturated rings. The van der Waals surface area contributed by atoms with E-state index in [-0.39, 0.29) is 5.97 Å². The first-order chi connectivity index (χ1) is 15.5. The highest BCUT2D eigenvalue weighted by Gasteiger charge is 2.56. The summed E-state index contributed by atoms with van der Waals surface area (Å²) >= 11 is 6.26. The molecule has 5 aliphatic rings. The molecule has 164 valence electrons. The summed E-state index contributed by atoms with van der Waals surface area (Å²) in [6.45, 7) is 0. The van der Waals surface area contributed by atoms with Gasteiger partial charge in [0.05, 0.1) is 16.8 Å². The van der Waals surface area contributed by atoms with Crippen LogP contribution < -0.4 is 5.32 Å². The Balaban J connectivity index is 1.36. The van der Waals surface area contributed by atoms with Gasteiger partial charge in [-0.2, -0.15) is 0 Å². The zero-order valence-electron chi connectivity index (χ0n) is 17.7. The van der Waals surface area contributed by atoms with Gasteiger partial charge in [0.15, 0.2) is 0 Å². The number of carbonyl (C=O) groups is 2. The number of hydrogen-bond acceptors (Lipinski definition) is 4. The molecule has 4 bridgehead atoms. The number of nitrogens with zero attached hydrogens (tertiary/aromatic N) is 1. The highest BCUT2D eigenvalue weighted by atomic mass is 35.5. The number of rotatable bonds is 3. The quantitative estimate of drug-likeness (QED) is 0.655. The van der Waals surface area contributed by atoms with Gasteiger partial charge in [0.25, 0.3) is 12.1 Å². The fourth-order valence-corrected chi connectivity index (χ4v) is 6.93. The molecule has 4 saturated carbocycles. The molecule has 1 N–H and O–H groups in total. The van der Waals surface area contributed by atoms with E-state index in [0.717, 1.165) is 24.8 Å². The first-order valence-corrected chi connectivity index (χ1v) is 11.8. The second kappa shape index (κ2) is 7.45. The predicted octanol–water partition coefficient (Wildman–Crippen LogP) is 5.22. The summed E-state index contributed by atoms with van der Waals surface area (Å²) < 4.78 is 5.91. The van der Waals surface area contributed by atoms with E-state index in [0.29, 0.717) is 39.7 Å². The Hall–Kier alpha value is -2.66. The van der Waals surface area contributed by atoms with Gasteiger partial charge in [0, 0.05) is 16.1 Å². The first kappa shape index (κ1) is 20.0. The first-order valence-electron chi connectivity index (χ1n) is 11.4. The minimum atomic E-state index is -1.23. The Morgan fingerprint density at radius 1 is 1.00 bits per heavy atom. The Morgan fingerprint density at radius 3 is 2.31 bits per heavy atom. The van der Waals surface area contributed by atoms with Crippen LogP contribution in [0.25, 0.3) is 0 Å². The lowest BCUT2D eigenvalue weighted by atomic mass is 9.49. The number of fused-ring (bicyclic) bond motifs is 1. The van der Waals surface area contributed by atoms with Crippen molar-refractivity contribution in [3.05, 3.63) is 64.7 Å². The standard InChI is InChI=1S/C26H25ClN2O3/c27-19-6-7-21-20(11-19)22(18-4-2-1-3-5-18)29-24(23(30)28-21)32-25(31)26-12-15-8-16(13-26)10-17(9-15)14-26/h1-7,11,15-17,24H,8-10,12-14H2,(H,28,30). The number of ether oxygens (including phenoxy) is 1. The summed E-state index contributed by atoms with van der Waals surface area (Å²) in [6.07, 6.45) is 5.15. The van der Waals surface area contributed by atoms with E-state index in [4.69, 9.17) is 16.3 Å². The SMILES string of the molecule is O=C1Nc2ccc(Cl)cc2C(c2ccccc2)=NC1OC(=O)C12CC3CC(CC(C3)C1)C2. The van der Waals surface area contributed by atoms with E-state index >= 15 is 0 Å². The molecule has 1 unspecified atom stereocenters. The molecule has 4 aliphatic carbocycles. The minimum absolute atomic E-state index is 0.253. The highest BCUT2D eigenvalue weighted by molar-refractivity contribution is 6.32. The van der Waals surface area contributed by atoms with Crippen molar-refractivity contribution in [2.45, 2.75) is 44.8 Å². The number of nitrogens with one attached hydrogen (secondary N) is 1. The van der Waals surface area contributed by atoms with Crippen molar-refractivity contribution in [1.82, 2.24) is 0 Å². The van der Waals surface area contributed by atoms with Gasteiger partial charge in [-0.15, -0.1) is 0 Å². The second-order valence-electron chi connectivity index (χ2n) is 9.98. The molecule has 6 heteroatoms. The Labute approximate surface area is 192 Å². The third kappa shape index (κ3) is 3.34. The number of hydrogen-bond donors (Lipinski definition) is 1. The van der Waals surface area contributed by atoms with E-state index < -0.39 is 17.6 Å². The van der Waals surface area contributed by atoms with Gasteiger partial charge in [-0.05, 0) is 74.5 Å². The third-order valence-corrected chi connectivity index (χ3v) is 7.94. The molecule has 1 atom stereocenters. The largest absolute Gasteiger partial charge is 0.429 e. The number of aliphatic imine (C=N–C) groups is 1. The Morgan fingerprint density at radius 2 is 1.66 bits per heavy atom. The summed E-state index contributed by atoms with van der Waals surface area (Å²) in [5.74, 6) is 1.17. The van der Waals surface area contributed by atoms with Gasteiger partial charge in [0.2, 0.25) is 0 Å². The fourth-order valence-electron chi connectivity index (χ4n) is 6.75. The van der Waals surface area contributed by atoms with Crippen LogP contribution in [0.15, 0.2) is 53.5 Å². The number of halogens is 1. The molecular weight excluding hydrogens is 424 g/mol. The van der Waals surface area contributed by atoms with Gasteiger partial charge < -0.3 is 10.1 Å². The lowest BCUT2D eigenvalue weighted by molar-refractivity contribution is -0.178. The summed E-state index contributed by atoms with van der Waals surface area (Å²) in [5, 5.41) is 3.44. The molecule has 0 saturated heterocycles. The van der Waals surface area contributed by atoms with Crippen LogP contribution in [0.1, 0.15) is 49.7 Å². The lowest BCUT2D eigenvalue weighted by Crippen LogP contribution is -2.51. The zero-order chi connectivity index (χ0) is 21.9. The summed E-state index contributed by atoms with van der Waals surface area (Å²) in [4.78, 5) is 31.3. The van der Waals surface area contributed by atoms with Crippen LogP contribution in [-0.4, -0.2) is 23.8 Å². The van der Waals surface area contributed by atoms with Gasteiger partial charge in [-0.1, -0.05) is 41.9 Å². The smallest absolute Gasteiger partial charge is 0.314 e. The average molecular weight is 449 g/mol. The third-order valence-electron chi connectivity index (χ3n) is 7.70. The summed E-state index contributed by atoms with van der Waals surface area (Å²) in [6, 6.07) is 14.9. The van der Waals surface area contributed by atoms with Crippen LogP contribution in [0.4, 0.5) is 5.69 Å². The van der Waals surface area contributed by atoms with E-state index in [9.17, 15) is 9.59 Å². The Kier molecular flexibility index (Phi) is 4.65. The van der Waals surface area contributed by atoms with Crippen LogP contribution in [0, 0.1) is 23.2 Å². The van der Waals surface area contributed by atoms with Crippen molar-refractivity contribution in [1.29, 1.82) is 0 Å². The zero-order valence-corrected chi connectivity index (χ0v) is 18.5. The van der Waals surface area contributed by atoms with E-state index in [2.05, 4.69) is 10.3 Å². The van der Waals surface area contributed by atoms with Crippen LogP contribution in [0.5, 0.6) is 0 Å². The van der Waals surface area contributed by atoms with Crippen molar-refractivity contribution in [3.8, 4) is 0 Å². The van der Waals surface area contributed by atoms with E-state index in [1.54, 1.807) is 18.2 Å². The molecule has 2 aromatic carbocycles. The van der Waals surface area contributed by atoms with E-state index in [1.165, 1.54) is 19.3 Å². The molecule has 32 heavy (non-hydrogen) atoms. The molecule has 1 amide bonds. The summed E-state index contributed by atoms with van der Waals surface area (Å²) in [7, 11) is 0. The molecule has 5 nitrogen and oxygen atoms in total. The fraction of sp³-hybridized carbons (Fsp3) is 0.423. The van der Waals surface area contributed by atoms with Crippen molar-refractivity contribution in [3.63, 3.8) is 0 Å². The predicted molar refractivity (Wildman–Crippen MR) is 123 cm³/mol. The number of amides is 1. The van der Waals surface area contributed by atoms with Crippen molar-refractivity contribution in [2.24, 2.45) is 28.2 Å². The van der Waals surface area contributed by atoms with Gasteiger partial charge in [-0.3, -0.25) is 9.59 Å². The molecule has 1 aliphatic heterocycles. The Bertz CT molecular complexity index is 1090. The average Bonchev–Trinajstić information content (AvgIpc) is 2.90. The normalized spacial score (nSPS) is 32.5. The molecule has 0 aromatic heterocycles. The molecule has 7 rings (SSSR count). The monoisotopic (exact) mass is 448 g/mol. The maximum absolute atomic E-state index is 13.5. The summed E-state index contributed by atoms with van der Waals surface area (Å²) in [5.41, 5.74) is 2.30. The number of benzodiazepines with no additional fused rings is 1. The van der Waals surface area contributed by atoms with Crippen molar-refractivity contribution in [2.75, 3.05) is 5.32 Å². The van der Waals surface area contributed by atoms with Crippen LogP contribution >= 0.6 is 11.6 Å². The number of carbonyl (C=O) groups excluding carboxylic acids is 2. The second-order valence-corrected chi connectivity index (χ2v) is 10.4. The molecule has 0 radical (unpaired) electrons. The number of anilines is 1. The molecule has 1 heterocycles. The molecule has 2 aromatic rings. The molecule has 0 spiro atoms. The maximum Gasteiger partial charge on any atom is 0.314 e. The van der Waals surface area contributed by atoms with Crippen LogP contribution in [0.3, 0.4) is 0 Å². The van der Waals surface area contributed by atoms with Crippen molar-refractivity contribution >= 4 is 34.9 Å². The van der Waals surface area contributed by atoms with Crippen LogP contribution in [-0.2, 0) is 14.3 Å². The minimum Gasteiger partial charge on any atom is -0.429 e. The van der Waals surface area contributed by atoms with Crippen molar-refractivity contribution < 1.29 is 14.3 Å². The van der Waals surface area contributed by atoms with Gasteiger partial charge >= 0.3 is 5.97 Å². The lowest BCUT2D eigenvalue weighted by Gasteiger charge is -2.55. The topological polar surface area (TPSA) is 67.8 Å². The van der Waals surface area contributed by atoms with Crippen LogP contribution in [0.2, 0.25) is 5.02 Å². The number of benzene rings is 2. The maximum atomic E-state index is 13.5. The van der Waals surface area contributed by atoms with Gasteiger partial charge in [0.1, 0.15) is 0 Å². The number of esters is 1. The highest BCUT2D eigenvalue weighted by Crippen LogP contribution is 2.60.